The van der Waals surface area contributed by atoms with Crippen molar-refractivity contribution < 1.29 is 4.74 Å². The van der Waals surface area contributed by atoms with Gasteiger partial charge in [-0.2, -0.15) is 0 Å². The highest BCUT2D eigenvalue weighted by Gasteiger charge is 2.12. The van der Waals surface area contributed by atoms with Crippen LogP contribution in [0.15, 0.2) is 12.4 Å². The minimum Gasteiger partial charge on any atom is -0.471 e. The highest BCUT2D eigenvalue weighted by Crippen LogP contribution is 2.13. The van der Waals surface area contributed by atoms with Crippen molar-refractivity contribution in [3.05, 3.63) is 18.1 Å². The van der Waals surface area contributed by atoms with Gasteiger partial charge >= 0.3 is 0 Å². The molecule has 3 nitrogen and oxygen atoms in total. The maximum atomic E-state index is 5.57. The zero-order valence-electron chi connectivity index (χ0n) is 8.04. The molecule has 4 heteroatoms. The van der Waals surface area contributed by atoms with Crippen LogP contribution in [0.25, 0.3) is 0 Å². The predicted molar refractivity (Wildman–Crippen MR) is 52.0 cm³/mol. The average molecular weight is 201 g/mol. The molecule has 1 heterocycles. The van der Waals surface area contributed by atoms with Crippen molar-refractivity contribution in [2.45, 2.75) is 32.3 Å². The van der Waals surface area contributed by atoms with E-state index >= 15 is 0 Å². The molecule has 0 saturated heterocycles. The first-order valence-corrected chi connectivity index (χ1v) is 4.60. The summed E-state index contributed by atoms with van der Waals surface area (Å²) in [7, 11) is 0. The summed E-state index contributed by atoms with van der Waals surface area (Å²) >= 11 is 5.57. The molecule has 13 heavy (non-hydrogen) atoms. The summed E-state index contributed by atoms with van der Waals surface area (Å²) in [6.45, 7) is 5.89. The molecule has 1 aromatic heterocycles. The van der Waals surface area contributed by atoms with Gasteiger partial charge in [0.1, 0.15) is 5.60 Å². The van der Waals surface area contributed by atoms with Gasteiger partial charge in [0.25, 0.3) is 0 Å². The van der Waals surface area contributed by atoms with Gasteiger partial charge in [-0.15, -0.1) is 11.6 Å². The van der Waals surface area contributed by atoms with Crippen molar-refractivity contribution in [2.24, 2.45) is 0 Å². The molecule has 0 saturated carbocycles. The minimum atomic E-state index is -0.239. The van der Waals surface area contributed by atoms with Gasteiger partial charge in [-0.05, 0) is 20.8 Å². The second kappa shape index (κ2) is 3.92. The molecule has 0 N–H and O–H groups in total. The molecule has 0 spiro atoms. The van der Waals surface area contributed by atoms with Crippen molar-refractivity contribution in [3.8, 4) is 5.88 Å². The van der Waals surface area contributed by atoms with Gasteiger partial charge in [0.15, 0.2) is 0 Å². The summed E-state index contributed by atoms with van der Waals surface area (Å²) in [6, 6.07) is 0. The SMILES string of the molecule is CC(C)(C)Oc1cnc(CCl)cn1. The van der Waals surface area contributed by atoms with E-state index in [-0.39, 0.29) is 5.60 Å². The fourth-order valence-electron chi connectivity index (χ4n) is 0.778. The Hall–Kier alpha value is -0.830. The van der Waals surface area contributed by atoms with Crippen LogP contribution in [0, 0.1) is 0 Å². The van der Waals surface area contributed by atoms with Gasteiger partial charge < -0.3 is 4.74 Å². The van der Waals surface area contributed by atoms with Crippen molar-refractivity contribution in [1.82, 2.24) is 9.97 Å². The van der Waals surface area contributed by atoms with E-state index in [4.69, 9.17) is 16.3 Å². The maximum Gasteiger partial charge on any atom is 0.232 e. The molecule has 0 bridgehead atoms. The van der Waals surface area contributed by atoms with Crippen LogP contribution in [0.5, 0.6) is 5.88 Å². The number of ether oxygens (including phenoxy) is 1. The van der Waals surface area contributed by atoms with E-state index in [2.05, 4.69) is 9.97 Å². The Morgan fingerprint density at radius 2 is 2.00 bits per heavy atom. The van der Waals surface area contributed by atoms with Gasteiger partial charge in [-0.3, -0.25) is 4.98 Å². The van der Waals surface area contributed by atoms with E-state index in [9.17, 15) is 0 Å². The molecule has 0 aromatic carbocycles. The standard InChI is InChI=1S/C9H13ClN2O/c1-9(2,3)13-8-6-11-7(4-10)5-12-8/h5-6H,4H2,1-3H3. The third-order valence-corrected chi connectivity index (χ3v) is 1.50. The Balaban J connectivity index is 2.70. The van der Waals surface area contributed by atoms with E-state index < -0.39 is 0 Å². The molecule has 0 atom stereocenters. The van der Waals surface area contributed by atoms with E-state index in [1.807, 2.05) is 20.8 Å². The molecule has 0 aliphatic heterocycles. The fraction of sp³-hybridized carbons (Fsp3) is 0.556. The van der Waals surface area contributed by atoms with Crippen molar-refractivity contribution in [3.63, 3.8) is 0 Å². The van der Waals surface area contributed by atoms with Crippen molar-refractivity contribution in [2.75, 3.05) is 0 Å². The first kappa shape index (κ1) is 10.3. The van der Waals surface area contributed by atoms with Crippen molar-refractivity contribution in [1.29, 1.82) is 0 Å². The van der Waals surface area contributed by atoms with Gasteiger partial charge in [0, 0.05) is 0 Å². The molecular formula is C9H13ClN2O. The van der Waals surface area contributed by atoms with Gasteiger partial charge in [-0.25, -0.2) is 4.98 Å². The molecule has 72 valence electrons. The van der Waals surface area contributed by atoms with E-state index in [1.165, 1.54) is 0 Å². The third kappa shape index (κ3) is 3.59. The summed E-state index contributed by atoms with van der Waals surface area (Å²) in [5.41, 5.74) is 0.514. The molecule has 1 aromatic rings. The summed E-state index contributed by atoms with van der Waals surface area (Å²) in [5, 5.41) is 0. The Bertz CT molecular complexity index is 266. The molecular weight excluding hydrogens is 188 g/mol. The Morgan fingerprint density at radius 1 is 1.31 bits per heavy atom. The molecule has 0 radical (unpaired) electrons. The molecule has 1 rings (SSSR count). The van der Waals surface area contributed by atoms with Crippen LogP contribution in [0.1, 0.15) is 26.5 Å². The average Bonchev–Trinajstić information content (AvgIpc) is 2.03. The number of nitrogens with zero attached hydrogens (tertiary/aromatic N) is 2. The Morgan fingerprint density at radius 3 is 2.38 bits per heavy atom. The molecule has 0 unspecified atom stereocenters. The summed E-state index contributed by atoms with van der Waals surface area (Å²) in [5.74, 6) is 0.907. The lowest BCUT2D eigenvalue weighted by atomic mass is 10.2. The Labute approximate surface area is 83.1 Å². The van der Waals surface area contributed by atoms with Gasteiger partial charge in [0.2, 0.25) is 5.88 Å². The zero-order chi connectivity index (χ0) is 9.90. The van der Waals surface area contributed by atoms with Crippen LogP contribution in [-0.4, -0.2) is 15.6 Å². The third-order valence-electron chi connectivity index (χ3n) is 1.23. The summed E-state index contributed by atoms with van der Waals surface area (Å²) < 4.78 is 5.48. The number of hydrogen-bond donors (Lipinski definition) is 0. The lowest BCUT2D eigenvalue weighted by molar-refractivity contribution is 0.123. The topological polar surface area (TPSA) is 35.0 Å². The van der Waals surface area contributed by atoms with Gasteiger partial charge in [0.05, 0.1) is 24.0 Å². The van der Waals surface area contributed by atoms with E-state index in [1.54, 1.807) is 12.4 Å². The smallest absolute Gasteiger partial charge is 0.232 e. The quantitative estimate of drug-likeness (QED) is 0.688. The van der Waals surface area contributed by atoms with Crippen LogP contribution < -0.4 is 4.74 Å². The largest absolute Gasteiger partial charge is 0.471 e. The monoisotopic (exact) mass is 200 g/mol. The number of hydrogen-bond acceptors (Lipinski definition) is 3. The number of aromatic nitrogens is 2. The fourth-order valence-corrected chi connectivity index (χ4v) is 0.916. The normalized spacial score (nSPS) is 11.4. The molecule has 0 aliphatic carbocycles. The van der Waals surface area contributed by atoms with Crippen LogP contribution in [-0.2, 0) is 5.88 Å². The highest BCUT2D eigenvalue weighted by atomic mass is 35.5. The molecule has 0 aliphatic rings. The van der Waals surface area contributed by atoms with Crippen LogP contribution in [0.2, 0.25) is 0 Å². The van der Waals surface area contributed by atoms with Gasteiger partial charge in [-0.1, -0.05) is 0 Å². The number of alkyl halides is 1. The second-order valence-electron chi connectivity index (χ2n) is 3.69. The van der Waals surface area contributed by atoms with Crippen molar-refractivity contribution >= 4 is 11.6 Å². The summed E-state index contributed by atoms with van der Waals surface area (Å²) in [6.07, 6.45) is 3.21. The zero-order valence-corrected chi connectivity index (χ0v) is 8.80. The summed E-state index contributed by atoms with van der Waals surface area (Å²) in [4.78, 5) is 8.13. The second-order valence-corrected chi connectivity index (χ2v) is 3.96. The number of rotatable bonds is 2. The first-order chi connectivity index (χ1) is 6.01. The lowest BCUT2D eigenvalue weighted by Gasteiger charge is -2.19. The number of halogens is 1. The predicted octanol–water partition coefficient (Wildman–Crippen LogP) is 2.39. The van der Waals surface area contributed by atoms with Crippen LogP contribution >= 0.6 is 11.6 Å². The van der Waals surface area contributed by atoms with Crippen LogP contribution in [0.4, 0.5) is 0 Å². The Kier molecular flexibility index (Phi) is 3.09. The molecule has 0 amide bonds. The van der Waals surface area contributed by atoms with E-state index in [0.717, 1.165) is 5.69 Å². The van der Waals surface area contributed by atoms with Crippen LogP contribution in [0.3, 0.4) is 0 Å². The highest BCUT2D eigenvalue weighted by molar-refractivity contribution is 6.16. The minimum absolute atomic E-state index is 0.239. The van der Waals surface area contributed by atoms with E-state index in [0.29, 0.717) is 11.8 Å². The lowest BCUT2D eigenvalue weighted by Crippen LogP contribution is -2.23. The first-order valence-electron chi connectivity index (χ1n) is 4.07. The molecule has 0 fully saturated rings. The maximum absolute atomic E-state index is 5.57.